The van der Waals surface area contributed by atoms with Crippen LogP contribution in [0.5, 0.6) is 0 Å². The van der Waals surface area contributed by atoms with E-state index in [4.69, 9.17) is 0 Å². The molecule has 2 aromatic carbocycles. The zero-order valence-electron chi connectivity index (χ0n) is 23.0. The topological polar surface area (TPSA) is 117 Å². The number of carbonyl (C=O) groups excluding carboxylic acids is 2. The molecule has 0 bridgehead atoms. The predicted octanol–water partition coefficient (Wildman–Crippen LogP) is 6.05. The van der Waals surface area contributed by atoms with Gasteiger partial charge in [-0.15, -0.1) is 0 Å². The molecule has 1 aromatic heterocycles. The van der Waals surface area contributed by atoms with E-state index in [9.17, 15) is 32.7 Å². The van der Waals surface area contributed by atoms with Crippen molar-refractivity contribution in [3.63, 3.8) is 0 Å². The normalized spacial score (nSPS) is 14.5. The van der Waals surface area contributed by atoms with Crippen molar-refractivity contribution in [2.24, 2.45) is 0 Å². The second kappa shape index (κ2) is 12.8. The first-order chi connectivity index (χ1) is 20.0. The van der Waals surface area contributed by atoms with Gasteiger partial charge in [-0.1, -0.05) is 12.1 Å². The van der Waals surface area contributed by atoms with Gasteiger partial charge in [-0.05, 0) is 75.6 Å². The van der Waals surface area contributed by atoms with E-state index < -0.39 is 29.5 Å². The van der Waals surface area contributed by atoms with Crippen LogP contribution in [0.4, 0.5) is 30.4 Å². The third-order valence-electron chi connectivity index (χ3n) is 6.77. The zero-order valence-corrected chi connectivity index (χ0v) is 23.0. The molecule has 12 heteroatoms. The first kappa shape index (κ1) is 30.1. The summed E-state index contributed by atoms with van der Waals surface area (Å²) >= 11 is 0. The predicted molar refractivity (Wildman–Crippen MR) is 153 cm³/mol. The molecule has 1 aliphatic heterocycles. The number of carboxylic acid groups (broad SMARTS) is 1. The Kier molecular flexibility index (Phi) is 9.14. The van der Waals surface area contributed by atoms with Gasteiger partial charge in [0.15, 0.2) is 5.82 Å². The Bertz CT molecular complexity index is 1550. The van der Waals surface area contributed by atoms with Crippen LogP contribution in [-0.2, 0) is 15.8 Å². The van der Waals surface area contributed by atoms with Crippen molar-refractivity contribution >= 4 is 35.0 Å². The molecule has 9 nitrogen and oxygen atoms in total. The van der Waals surface area contributed by atoms with Crippen LogP contribution in [0.15, 0.2) is 78.0 Å². The van der Waals surface area contributed by atoms with E-state index in [0.717, 1.165) is 50.2 Å². The highest BCUT2D eigenvalue weighted by Crippen LogP contribution is 2.31. The van der Waals surface area contributed by atoms with E-state index in [1.807, 2.05) is 0 Å². The lowest BCUT2D eigenvalue weighted by Gasteiger charge is -2.29. The smallest absolute Gasteiger partial charge is 0.416 e. The number of carboxylic acids is 1. The lowest BCUT2D eigenvalue weighted by molar-refractivity contribution is -0.137. The van der Waals surface area contributed by atoms with E-state index >= 15 is 0 Å². The van der Waals surface area contributed by atoms with Gasteiger partial charge in [0.2, 0.25) is 0 Å². The van der Waals surface area contributed by atoms with Gasteiger partial charge in [0.1, 0.15) is 0 Å². The molecule has 0 aliphatic carbocycles. The van der Waals surface area contributed by atoms with Crippen molar-refractivity contribution < 1.29 is 32.7 Å². The maximum atomic E-state index is 13.5. The average molecular weight is 582 g/mol. The van der Waals surface area contributed by atoms with Gasteiger partial charge in [0, 0.05) is 36.6 Å². The molecular weight excluding hydrogens is 551 g/mol. The number of hydrogen-bond acceptors (Lipinski definition) is 5. The fourth-order valence-corrected chi connectivity index (χ4v) is 4.51. The average Bonchev–Trinajstić information content (AvgIpc) is 3.44. The number of halogens is 3. The summed E-state index contributed by atoms with van der Waals surface area (Å²) < 4.78 is 40.7. The molecule has 2 amide bonds. The minimum Gasteiger partial charge on any atom is -0.478 e. The summed E-state index contributed by atoms with van der Waals surface area (Å²) in [5, 5.41) is 18.8. The molecule has 0 radical (unpaired) electrons. The van der Waals surface area contributed by atoms with Gasteiger partial charge in [-0.25, -0.2) is 9.48 Å². The minimum absolute atomic E-state index is 0.0579. The number of alkyl halides is 3. The van der Waals surface area contributed by atoms with Crippen molar-refractivity contribution in [3.8, 4) is 5.69 Å². The molecule has 0 unspecified atom stereocenters. The number of anilines is 3. The standard InChI is InChI=1S/C30H30F3N5O4/c1-3-20(29(41)42)16-19(2)27(39)34-25-11-10-22(37-13-5-4-6-14-37)18-24(25)28(40)35-26-12-15-38(36-26)23-9-7-8-21(17-23)30(31,32)33/h3,7-12,15-18H,4-6,13-14H2,1-2H3,(H,34,39)(H,41,42)(H,35,36,40)/b19-16+,20-3+. The Morgan fingerprint density at radius 3 is 2.38 bits per heavy atom. The Hall–Kier alpha value is -4.87. The molecule has 42 heavy (non-hydrogen) atoms. The molecule has 1 fully saturated rings. The molecular formula is C30H30F3N5O4. The first-order valence-electron chi connectivity index (χ1n) is 13.3. The van der Waals surface area contributed by atoms with Gasteiger partial charge >= 0.3 is 12.1 Å². The van der Waals surface area contributed by atoms with Crippen LogP contribution < -0.4 is 15.5 Å². The van der Waals surface area contributed by atoms with Crippen LogP contribution in [0.3, 0.4) is 0 Å². The molecule has 1 aliphatic rings. The second-order valence-corrected chi connectivity index (χ2v) is 9.76. The number of aromatic nitrogens is 2. The summed E-state index contributed by atoms with van der Waals surface area (Å²) in [5.74, 6) is -2.28. The van der Waals surface area contributed by atoms with E-state index in [0.29, 0.717) is 0 Å². The second-order valence-electron chi connectivity index (χ2n) is 9.76. The number of rotatable bonds is 8. The maximum absolute atomic E-state index is 13.5. The quantitative estimate of drug-likeness (QED) is 0.220. The number of aliphatic carboxylic acids is 1. The Balaban J connectivity index is 1.61. The van der Waals surface area contributed by atoms with Crippen LogP contribution >= 0.6 is 0 Å². The minimum atomic E-state index is -4.52. The fraction of sp³-hybridized carbons (Fsp3) is 0.267. The zero-order chi connectivity index (χ0) is 30.4. The molecule has 0 saturated carbocycles. The molecule has 1 saturated heterocycles. The molecule has 3 N–H and O–H groups in total. The van der Waals surface area contributed by atoms with E-state index in [-0.39, 0.29) is 33.9 Å². The largest absolute Gasteiger partial charge is 0.478 e. The summed E-state index contributed by atoms with van der Waals surface area (Å²) in [6.45, 7) is 4.64. The summed E-state index contributed by atoms with van der Waals surface area (Å²) in [5.41, 5.74) is 0.522. The van der Waals surface area contributed by atoms with Crippen molar-refractivity contribution in [1.82, 2.24) is 9.78 Å². The van der Waals surface area contributed by atoms with Crippen molar-refractivity contribution in [2.45, 2.75) is 39.3 Å². The van der Waals surface area contributed by atoms with E-state index in [1.54, 1.807) is 25.1 Å². The summed E-state index contributed by atoms with van der Waals surface area (Å²) in [4.78, 5) is 39.9. The van der Waals surface area contributed by atoms with Crippen LogP contribution in [0.2, 0.25) is 0 Å². The van der Waals surface area contributed by atoms with E-state index in [1.165, 1.54) is 48.2 Å². The number of hydrogen-bond donors (Lipinski definition) is 3. The third kappa shape index (κ3) is 7.25. The fourth-order valence-electron chi connectivity index (χ4n) is 4.51. The lowest BCUT2D eigenvalue weighted by atomic mass is 10.1. The lowest BCUT2D eigenvalue weighted by Crippen LogP contribution is -2.29. The Morgan fingerprint density at radius 2 is 1.71 bits per heavy atom. The molecule has 2 heterocycles. The summed E-state index contributed by atoms with van der Waals surface area (Å²) in [7, 11) is 0. The maximum Gasteiger partial charge on any atom is 0.416 e. The molecule has 0 atom stereocenters. The first-order valence-corrected chi connectivity index (χ1v) is 13.3. The summed E-state index contributed by atoms with van der Waals surface area (Å²) in [6.07, 6.45) is 2.64. The Morgan fingerprint density at radius 1 is 0.976 bits per heavy atom. The van der Waals surface area contributed by atoms with Crippen LogP contribution in [0.1, 0.15) is 49.0 Å². The third-order valence-corrected chi connectivity index (χ3v) is 6.77. The number of allylic oxidation sites excluding steroid dienone is 1. The highest BCUT2D eigenvalue weighted by Gasteiger charge is 2.30. The number of carbonyl (C=O) groups is 3. The number of benzene rings is 2. The summed E-state index contributed by atoms with van der Waals surface area (Å²) in [6, 6.07) is 11.2. The van der Waals surface area contributed by atoms with Gasteiger partial charge in [0.05, 0.1) is 28.1 Å². The van der Waals surface area contributed by atoms with E-state index in [2.05, 4.69) is 20.6 Å². The number of piperidine rings is 1. The molecule has 220 valence electrons. The number of amides is 2. The Labute approximate surface area is 240 Å². The van der Waals surface area contributed by atoms with Crippen LogP contribution in [0, 0.1) is 0 Å². The van der Waals surface area contributed by atoms with Crippen molar-refractivity contribution in [1.29, 1.82) is 0 Å². The molecule has 0 spiro atoms. The van der Waals surface area contributed by atoms with Crippen LogP contribution in [0.25, 0.3) is 5.69 Å². The van der Waals surface area contributed by atoms with Crippen molar-refractivity contribution in [2.75, 3.05) is 28.6 Å². The number of nitrogens with zero attached hydrogens (tertiary/aromatic N) is 3. The number of nitrogens with one attached hydrogen (secondary N) is 2. The van der Waals surface area contributed by atoms with Gasteiger partial charge in [-0.2, -0.15) is 18.3 Å². The van der Waals surface area contributed by atoms with Crippen LogP contribution in [-0.4, -0.2) is 45.8 Å². The monoisotopic (exact) mass is 581 g/mol. The highest BCUT2D eigenvalue weighted by atomic mass is 19.4. The highest BCUT2D eigenvalue weighted by molar-refractivity contribution is 6.13. The SMILES string of the molecule is C/C=C(\C=C(/C)C(=O)Nc1ccc(N2CCCCC2)cc1C(=O)Nc1ccn(-c2cccc(C(F)(F)F)c2)n1)C(=O)O. The molecule has 4 rings (SSSR count). The van der Waals surface area contributed by atoms with Crippen molar-refractivity contribution in [3.05, 3.63) is 89.2 Å². The molecule has 3 aromatic rings. The van der Waals surface area contributed by atoms with Gasteiger partial charge in [0.25, 0.3) is 11.8 Å². The van der Waals surface area contributed by atoms with Gasteiger partial charge < -0.3 is 20.6 Å². The van der Waals surface area contributed by atoms with Gasteiger partial charge in [-0.3, -0.25) is 9.59 Å².